The summed E-state index contributed by atoms with van der Waals surface area (Å²) in [5, 5.41) is 8.85. The maximum Gasteiger partial charge on any atom is 0.303 e. The van der Waals surface area contributed by atoms with Gasteiger partial charge in [-0.1, -0.05) is 31.5 Å². The van der Waals surface area contributed by atoms with Crippen molar-refractivity contribution in [2.24, 2.45) is 5.41 Å². The Bertz CT molecular complexity index is 382. The van der Waals surface area contributed by atoms with E-state index in [4.69, 9.17) is 5.11 Å². The highest BCUT2D eigenvalue weighted by Gasteiger charge is 2.23. The molecule has 0 atom stereocenters. The lowest BCUT2D eigenvalue weighted by atomic mass is 9.88. The Balaban J connectivity index is 2.68. The van der Waals surface area contributed by atoms with Crippen LogP contribution in [0.2, 0.25) is 0 Å². The number of rotatable bonds is 5. The quantitative estimate of drug-likeness (QED) is 0.853. The van der Waals surface area contributed by atoms with Gasteiger partial charge in [-0.05, 0) is 24.5 Å². The standard InChI is InChI=1S/C14H21NO2/c1-11-5-7-12(8-6-11)15(4)10-14(2,3)9-13(16)17/h5-8H,9-10H2,1-4H3,(H,16,17). The smallest absolute Gasteiger partial charge is 0.303 e. The van der Waals surface area contributed by atoms with Gasteiger partial charge in [0.1, 0.15) is 0 Å². The first-order chi connectivity index (χ1) is 7.80. The van der Waals surface area contributed by atoms with Crippen molar-refractivity contribution in [3.8, 4) is 0 Å². The number of hydrogen-bond acceptors (Lipinski definition) is 2. The van der Waals surface area contributed by atoms with Crippen molar-refractivity contribution in [3.05, 3.63) is 29.8 Å². The molecule has 0 aliphatic heterocycles. The first kappa shape index (κ1) is 13.6. The predicted molar refractivity (Wildman–Crippen MR) is 70.5 cm³/mol. The van der Waals surface area contributed by atoms with Crippen LogP contribution < -0.4 is 4.90 Å². The highest BCUT2D eigenvalue weighted by Crippen LogP contribution is 2.24. The average molecular weight is 235 g/mol. The van der Waals surface area contributed by atoms with Crippen LogP contribution in [0.4, 0.5) is 5.69 Å². The molecule has 0 aromatic heterocycles. The fraction of sp³-hybridized carbons (Fsp3) is 0.500. The molecule has 0 amide bonds. The molecule has 0 aliphatic carbocycles. The first-order valence-electron chi connectivity index (χ1n) is 5.80. The lowest BCUT2D eigenvalue weighted by Gasteiger charge is -2.30. The van der Waals surface area contributed by atoms with Gasteiger partial charge in [0, 0.05) is 19.3 Å². The molecule has 1 rings (SSSR count). The van der Waals surface area contributed by atoms with E-state index in [0.29, 0.717) is 0 Å². The van der Waals surface area contributed by atoms with Crippen LogP contribution in [0, 0.1) is 12.3 Å². The molecule has 0 saturated carbocycles. The Morgan fingerprint density at radius 3 is 2.29 bits per heavy atom. The highest BCUT2D eigenvalue weighted by atomic mass is 16.4. The van der Waals surface area contributed by atoms with Gasteiger partial charge in [0.25, 0.3) is 0 Å². The topological polar surface area (TPSA) is 40.5 Å². The van der Waals surface area contributed by atoms with Crippen molar-refractivity contribution >= 4 is 11.7 Å². The van der Waals surface area contributed by atoms with E-state index < -0.39 is 5.97 Å². The zero-order valence-corrected chi connectivity index (χ0v) is 11.0. The van der Waals surface area contributed by atoms with Gasteiger partial charge < -0.3 is 10.0 Å². The van der Waals surface area contributed by atoms with Gasteiger partial charge in [0.05, 0.1) is 6.42 Å². The normalized spacial score (nSPS) is 11.3. The summed E-state index contributed by atoms with van der Waals surface area (Å²) in [5.74, 6) is -0.743. The Kier molecular flexibility index (Phi) is 4.16. The summed E-state index contributed by atoms with van der Waals surface area (Å²) < 4.78 is 0. The van der Waals surface area contributed by atoms with E-state index in [9.17, 15) is 4.79 Å². The van der Waals surface area contributed by atoms with Crippen molar-refractivity contribution in [2.75, 3.05) is 18.5 Å². The van der Waals surface area contributed by atoms with Crippen molar-refractivity contribution in [2.45, 2.75) is 27.2 Å². The molecule has 3 heteroatoms. The molecular formula is C14H21NO2. The average Bonchev–Trinajstić information content (AvgIpc) is 2.15. The Labute approximate surface area is 103 Å². The molecule has 0 unspecified atom stereocenters. The summed E-state index contributed by atoms with van der Waals surface area (Å²) in [7, 11) is 1.99. The lowest BCUT2D eigenvalue weighted by Crippen LogP contribution is -2.33. The molecule has 0 bridgehead atoms. The Morgan fingerprint density at radius 1 is 1.29 bits per heavy atom. The molecule has 1 aromatic rings. The molecular weight excluding hydrogens is 214 g/mol. The highest BCUT2D eigenvalue weighted by molar-refractivity contribution is 5.67. The van der Waals surface area contributed by atoms with Gasteiger partial charge in [-0.15, -0.1) is 0 Å². The monoisotopic (exact) mass is 235 g/mol. The van der Waals surface area contributed by atoms with Crippen LogP contribution in [0.1, 0.15) is 25.8 Å². The fourth-order valence-electron chi connectivity index (χ4n) is 2.00. The molecule has 0 spiro atoms. The summed E-state index contributed by atoms with van der Waals surface area (Å²) in [6.45, 7) is 6.73. The molecule has 0 saturated heterocycles. The largest absolute Gasteiger partial charge is 0.481 e. The Hall–Kier alpha value is -1.51. The van der Waals surface area contributed by atoms with Crippen LogP contribution in [-0.2, 0) is 4.79 Å². The minimum Gasteiger partial charge on any atom is -0.481 e. The molecule has 17 heavy (non-hydrogen) atoms. The molecule has 0 aliphatic rings. The second kappa shape index (κ2) is 5.21. The third-order valence-electron chi connectivity index (χ3n) is 2.77. The molecule has 1 aromatic carbocycles. The number of hydrogen-bond donors (Lipinski definition) is 1. The first-order valence-corrected chi connectivity index (χ1v) is 5.80. The van der Waals surface area contributed by atoms with Crippen LogP contribution in [0.3, 0.4) is 0 Å². The number of benzene rings is 1. The second-order valence-corrected chi connectivity index (χ2v) is 5.43. The number of carboxylic acids is 1. The second-order valence-electron chi connectivity index (χ2n) is 5.43. The number of carbonyl (C=O) groups is 1. The third-order valence-corrected chi connectivity index (χ3v) is 2.77. The van der Waals surface area contributed by atoms with E-state index in [-0.39, 0.29) is 11.8 Å². The van der Waals surface area contributed by atoms with Crippen LogP contribution in [-0.4, -0.2) is 24.7 Å². The van der Waals surface area contributed by atoms with Crippen molar-refractivity contribution < 1.29 is 9.90 Å². The van der Waals surface area contributed by atoms with E-state index in [0.717, 1.165) is 12.2 Å². The van der Waals surface area contributed by atoms with Gasteiger partial charge in [0.2, 0.25) is 0 Å². The van der Waals surface area contributed by atoms with Gasteiger partial charge in [-0.2, -0.15) is 0 Å². The van der Waals surface area contributed by atoms with E-state index in [1.807, 2.05) is 20.9 Å². The van der Waals surface area contributed by atoms with E-state index in [2.05, 4.69) is 36.1 Å². The van der Waals surface area contributed by atoms with Gasteiger partial charge in [-0.3, -0.25) is 4.79 Å². The number of anilines is 1. The molecule has 1 N–H and O–H groups in total. The van der Waals surface area contributed by atoms with Crippen LogP contribution in [0.5, 0.6) is 0 Å². The van der Waals surface area contributed by atoms with Crippen molar-refractivity contribution in [1.29, 1.82) is 0 Å². The van der Waals surface area contributed by atoms with Crippen LogP contribution in [0.15, 0.2) is 24.3 Å². The molecule has 94 valence electrons. The zero-order valence-electron chi connectivity index (χ0n) is 11.0. The van der Waals surface area contributed by atoms with Crippen LogP contribution in [0.25, 0.3) is 0 Å². The number of carboxylic acid groups (broad SMARTS) is 1. The predicted octanol–water partition coefficient (Wildman–Crippen LogP) is 2.93. The zero-order chi connectivity index (χ0) is 13.1. The molecule has 0 radical (unpaired) electrons. The van der Waals surface area contributed by atoms with E-state index >= 15 is 0 Å². The van der Waals surface area contributed by atoms with E-state index in [1.165, 1.54) is 5.56 Å². The number of nitrogens with zero attached hydrogens (tertiary/aromatic N) is 1. The maximum absolute atomic E-state index is 10.8. The van der Waals surface area contributed by atoms with Gasteiger partial charge in [0.15, 0.2) is 0 Å². The van der Waals surface area contributed by atoms with Crippen LogP contribution >= 0.6 is 0 Å². The lowest BCUT2D eigenvalue weighted by molar-refractivity contribution is -0.139. The molecule has 0 fully saturated rings. The molecule has 0 heterocycles. The third kappa shape index (κ3) is 4.47. The Morgan fingerprint density at radius 2 is 1.82 bits per heavy atom. The minimum absolute atomic E-state index is 0.184. The van der Waals surface area contributed by atoms with Gasteiger partial charge in [-0.25, -0.2) is 0 Å². The summed E-state index contributed by atoms with van der Waals surface area (Å²) >= 11 is 0. The summed E-state index contributed by atoms with van der Waals surface area (Å²) in [4.78, 5) is 12.9. The summed E-state index contributed by atoms with van der Waals surface area (Å²) in [6.07, 6.45) is 0.184. The summed E-state index contributed by atoms with van der Waals surface area (Å²) in [6, 6.07) is 8.25. The SMILES string of the molecule is Cc1ccc(N(C)CC(C)(C)CC(=O)O)cc1. The number of aryl methyl sites for hydroxylation is 1. The van der Waals surface area contributed by atoms with Crippen molar-refractivity contribution in [1.82, 2.24) is 0 Å². The van der Waals surface area contributed by atoms with Gasteiger partial charge >= 0.3 is 5.97 Å². The van der Waals surface area contributed by atoms with Crippen molar-refractivity contribution in [3.63, 3.8) is 0 Å². The number of aliphatic carboxylic acids is 1. The molecule has 3 nitrogen and oxygen atoms in total. The maximum atomic E-state index is 10.8. The van der Waals surface area contributed by atoms with E-state index in [1.54, 1.807) is 0 Å². The fourth-order valence-corrected chi connectivity index (χ4v) is 2.00. The summed E-state index contributed by atoms with van der Waals surface area (Å²) in [5.41, 5.74) is 2.12. The minimum atomic E-state index is -0.743.